The molecule has 0 amide bonds. The van der Waals surface area contributed by atoms with Gasteiger partial charge in [0.2, 0.25) is 0 Å². The van der Waals surface area contributed by atoms with Gasteiger partial charge in [-0.1, -0.05) is 0 Å². The number of rotatable bonds is 7. The number of aromatic nitrogens is 2. The van der Waals surface area contributed by atoms with E-state index in [9.17, 15) is 0 Å². The van der Waals surface area contributed by atoms with Crippen molar-refractivity contribution in [3.05, 3.63) is 42.4 Å². The zero-order valence-electron chi connectivity index (χ0n) is 9.93. The lowest BCUT2D eigenvalue weighted by Crippen LogP contribution is -2.18. The van der Waals surface area contributed by atoms with Gasteiger partial charge in [-0.15, -0.1) is 0 Å². The van der Waals surface area contributed by atoms with Crippen molar-refractivity contribution in [2.75, 3.05) is 12.8 Å². The lowest BCUT2D eigenvalue weighted by molar-refractivity contribution is 0.454. The first-order chi connectivity index (χ1) is 8.38. The Bertz CT molecular complexity index is 425. The zero-order chi connectivity index (χ0) is 11.9. The van der Waals surface area contributed by atoms with Crippen molar-refractivity contribution in [1.82, 2.24) is 14.9 Å². The Kier molecular flexibility index (Phi) is 4.70. The van der Waals surface area contributed by atoms with E-state index in [-0.39, 0.29) is 0 Å². The number of thioether (sulfide) groups is 1. The molecule has 0 aliphatic rings. The molecule has 0 bridgehead atoms. The van der Waals surface area contributed by atoms with Crippen molar-refractivity contribution in [2.45, 2.75) is 18.8 Å². The maximum absolute atomic E-state index is 5.66. The highest BCUT2D eigenvalue weighted by atomic mass is 32.2. The molecule has 92 valence electrons. The van der Waals surface area contributed by atoms with Gasteiger partial charge in [0, 0.05) is 25.5 Å². The molecule has 2 aromatic rings. The number of furan rings is 1. The molecule has 0 fully saturated rings. The molecular formula is C12H17N3OS. The van der Waals surface area contributed by atoms with Crippen LogP contribution in [0.4, 0.5) is 0 Å². The summed E-state index contributed by atoms with van der Waals surface area (Å²) in [5, 5.41) is 3.35. The summed E-state index contributed by atoms with van der Waals surface area (Å²) < 4.78 is 7.71. The Morgan fingerprint density at radius 1 is 1.41 bits per heavy atom. The molecule has 0 aromatic carbocycles. The third-order valence-corrected chi connectivity index (χ3v) is 2.98. The number of hydrogen-bond donors (Lipinski definition) is 1. The van der Waals surface area contributed by atoms with Gasteiger partial charge < -0.3 is 14.3 Å². The van der Waals surface area contributed by atoms with Crippen molar-refractivity contribution in [3.8, 4) is 0 Å². The first kappa shape index (κ1) is 12.3. The first-order valence-electron chi connectivity index (χ1n) is 5.61. The fourth-order valence-corrected chi connectivity index (χ4v) is 2.02. The Morgan fingerprint density at radius 3 is 3.06 bits per heavy atom. The predicted octanol–water partition coefficient (Wildman–Crippen LogP) is 2.13. The van der Waals surface area contributed by atoms with E-state index in [0.717, 1.165) is 36.9 Å². The van der Waals surface area contributed by atoms with Crippen LogP contribution < -0.4 is 5.32 Å². The topological polar surface area (TPSA) is 43.0 Å². The van der Waals surface area contributed by atoms with Gasteiger partial charge in [0.05, 0.1) is 18.6 Å². The van der Waals surface area contributed by atoms with Crippen LogP contribution in [0.5, 0.6) is 0 Å². The van der Waals surface area contributed by atoms with E-state index in [1.165, 1.54) is 0 Å². The van der Waals surface area contributed by atoms with E-state index < -0.39 is 0 Å². The molecule has 0 aliphatic heterocycles. The molecule has 0 aliphatic carbocycles. The van der Waals surface area contributed by atoms with Gasteiger partial charge in [0.1, 0.15) is 11.5 Å². The second-order valence-corrected chi connectivity index (χ2v) is 4.64. The molecule has 4 nitrogen and oxygen atoms in total. The molecular weight excluding hydrogens is 234 g/mol. The van der Waals surface area contributed by atoms with Crippen LogP contribution in [0.25, 0.3) is 0 Å². The SMILES string of the molecule is CSCc1ccc(CNCCn2ccnc2)o1. The van der Waals surface area contributed by atoms with Gasteiger partial charge >= 0.3 is 0 Å². The molecule has 2 aromatic heterocycles. The molecule has 0 saturated heterocycles. The van der Waals surface area contributed by atoms with Gasteiger partial charge in [-0.05, 0) is 18.4 Å². The monoisotopic (exact) mass is 251 g/mol. The van der Waals surface area contributed by atoms with Crippen molar-refractivity contribution in [2.24, 2.45) is 0 Å². The van der Waals surface area contributed by atoms with Gasteiger partial charge in [0.25, 0.3) is 0 Å². The van der Waals surface area contributed by atoms with Crippen LogP contribution in [0.2, 0.25) is 0 Å². The molecule has 17 heavy (non-hydrogen) atoms. The lowest BCUT2D eigenvalue weighted by Gasteiger charge is -2.03. The normalized spacial score (nSPS) is 10.9. The van der Waals surface area contributed by atoms with Crippen LogP contribution >= 0.6 is 11.8 Å². The minimum Gasteiger partial charge on any atom is -0.464 e. The van der Waals surface area contributed by atoms with Crippen LogP contribution in [0.1, 0.15) is 11.5 Å². The van der Waals surface area contributed by atoms with Crippen molar-refractivity contribution >= 4 is 11.8 Å². The third-order valence-electron chi connectivity index (χ3n) is 2.41. The number of nitrogens with one attached hydrogen (secondary N) is 1. The standard InChI is InChI=1S/C12H17N3OS/c1-17-9-12-3-2-11(16-12)8-13-4-6-15-7-5-14-10-15/h2-3,5,7,10,13H,4,6,8-9H2,1H3. The summed E-state index contributed by atoms with van der Waals surface area (Å²) in [6.45, 7) is 2.62. The molecule has 2 rings (SSSR count). The average Bonchev–Trinajstić information content (AvgIpc) is 2.96. The Labute approximate surface area is 105 Å². The number of hydrogen-bond acceptors (Lipinski definition) is 4. The molecule has 5 heteroatoms. The van der Waals surface area contributed by atoms with Crippen LogP contribution in [0.3, 0.4) is 0 Å². The van der Waals surface area contributed by atoms with E-state index in [1.54, 1.807) is 18.0 Å². The van der Waals surface area contributed by atoms with Crippen LogP contribution in [0.15, 0.2) is 35.3 Å². The Hall–Kier alpha value is -1.20. The third kappa shape index (κ3) is 3.94. The summed E-state index contributed by atoms with van der Waals surface area (Å²) >= 11 is 1.77. The molecule has 0 unspecified atom stereocenters. The van der Waals surface area contributed by atoms with E-state index in [1.807, 2.05) is 29.2 Å². The molecule has 0 radical (unpaired) electrons. The second kappa shape index (κ2) is 6.51. The minimum absolute atomic E-state index is 0.781. The molecule has 2 heterocycles. The van der Waals surface area contributed by atoms with E-state index in [0.29, 0.717) is 0 Å². The number of nitrogens with zero attached hydrogens (tertiary/aromatic N) is 2. The van der Waals surface area contributed by atoms with Crippen LogP contribution in [0, 0.1) is 0 Å². The Morgan fingerprint density at radius 2 is 2.29 bits per heavy atom. The van der Waals surface area contributed by atoms with Crippen LogP contribution in [-0.4, -0.2) is 22.4 Å². The predicted molar refractivity (Wildman–Crippen MR) is 69.9 cm³/mol. The summed E-state index contributed by atoms with van der Waals surface area (Å²) in [7, 11) is 0. The maximum atomic E-state index is 5.66. The smallest absolute Gasteiger partial charge is 0.118 e. The first-order valence-corrected chi connectivity index (χ1v) is 7.01. The molecule has 1 N–H and O–H groups in total. The van der Waals surface area contributed by atoms with E-state index >= 15 is 0 Å². The van der Waals surface area contributed by atoms with Gasteiger partial charge in [-0.2, -0.15) is 11.8 Å². The lowest BCUT2D eigenvalue weighted by atomic mass is 10.4. The maximum Gasteiger partial charge on any atom is 0.118 e. The van der Waals surface area contributed by atoms with E-state index in [4.69, 9.17) is 4.42 Å². The van der Waals surface area contributed by atoms with Gasteiger partial charge in [-0.25, -0.2) is 4.98 Å². The van der Waals surface area contributed by atoms with Gasteiger partial charge in [-0.3, -0.25) is 0 Å². The van der Waals surface area contributed by atoms with Gasteiger partial charge in [0.15, 0.2) is 0 Å². The highest BCUT2D eigenvalue weighted by Crippen LogP contribution is 2.12. The fourth-order valence-electron chi connectivity index (χ4n) is 1.58. The summed E-state index contributed by atoms with van der Waals surface area (Å²) in [6, 6.07) is 4.08. The highest BCUT2D eigenvalue weighted by Gasteiger charge is 2.00. The van der Waals surface area contributed by atoms with Crippen molar-refractivity contribution in [1.29, 1.82) is 0 Å². The largest absolute Gasteiger partial charge is 0.464 e. The molecule has 0 atom stereocenters. The highest BCUT2D eigenvalue weighted by molar-refractivity contribution is 7.97. The quantitative estimate of drug-likeness (QED) is 0.766. The summed E-state index contributed by atoms with van der Waals surface area (Å²) in [5.74, 6) is 2.98. The van der Waals surface area contributed by atoms with E-state index in [2.05, 4.69) is 16.6 Å². The fraction of sp³-hybridized carbons (Fsp3) is 0.417. The summed E-state index contributed by atoms with van der Waals surface area (Å²) in [4.78, 5) is 4.00. The second-order valence-electron chi connectivity index (χ2n) is 3.78. The summed E-state index contributed by atoms with van der Waals surface area (Å²) in [5.41, 5.74) is 0. The van der Waals surface area contributed by atoms with Crippen molar-refractivity contribution in [3.63, 3.8) is 0 Å². The minimum atomic E-state index is 0.781. The average molecular weight is 251 g/mol. The molecule has 0 saturated carbocycles. The zero-order valence-corrected chi connectivity index (χ0v) is 10.7. The molecule has 0 spiro atoms. The van der Waals surface area contributed by atoms with Crippen molar-refractivity contribution < 1.29 is 4.42 Å². The number of imidazole rings is 1. The Balaban J connectivity index is 1.67. The summed E-state index contributed by atoms with van der Waals surface area (Å²) in [6.07, 6.45) is 7.66. The van der Waals surface area contributed by atoms with Crippen LogP contribution in [-0.2, 0) is 18.8 Å².